The van der Waals surface area contributed by atoms with Crippen LogP contribution >= 0.6 is 0 Å². The van der Waals surface area contributed by atoms with Gasteiger partial charge in [-0.2, -0.15) is 0 Å². The van der Waals surface area contributed by atoms with Crippen LogP contribution in [-0.2, 0) is 37.1 Å². The maximum atomic E-state index is 12.2. The number of amides is 2. The Bertz CT molecular complexity index is 826. The number of esters is 1. The minimum Gasteiger partial charge on any atom is -0.461 e. The Balaban J connectivity index is 1.70. The highest BCUT2D eigenvalue weighted by molar-refractivity contribution is 5.87. The number of aldehydes is 1. The summed E-state index contributed by atoms with van der Waals surface area (Å²) in [5, 5.41) is 4.86. The minimum absolute atomic E-state index is 0.0164. The monoisotopic (exact) mass is 412 g/mol. The zero-order valence-electron chi connectivity index (χ0n) is 16.4. The molecule has 0 saturated carbocycles. The molecule has 0 aliphatic rings. The first-order chi connectivity index (χ1) is 14.6. The number of ether oxygens (including phenoxy) is 2. The number of alkyl carbamates (subject to hydrolysis) is 1. The smallest absolute Gasteiger partial charge is 0.408 e. The van der Waals surface area contributed by atoms with E-state index in [9.17, 15) is 19.2 Å². The first kappa shape index (κ1) is 22.6. The van der Waals surface area contributed by atoms with E-state index in [-0.39, 0.29) is 32.6 Å². The highest BCUT2D eigenvalue weighted by Gasteiger charge is 2.21. The Morgan fingerprint density at radius 3 is 2.00 bits per heavy atom. The second kappa shape index (κ2) is 12.7. The van der Waals surface area contributed by atoms with Gasteiger partial charge in [0.2, 0.25) is 5.91 Å². The molecule has 0 radical (unpaired) electrons. The number of hydrogen-bond acceptors (Lipinski definition) is 6. The number of hydrogen-bond donors (Lipinski definition) is 2. The molecule has 2 rings (SSSR count). The predicted octanol–water partition coefficient (Wildman–Crippen LogP) is 2.12. The number of carbonyl (C=O) groups excluding carboxylic acids is 4. The zero-order valence-corrected chi connectivity index (χ0v) is 16.4. The predicted molar refractivity (Wildman–Crippen MR) is 108 cm³/mol. The van der Waals surface area contributed by atoms with Crippen LogP contribution in [0.5, 0.6) is 0 Å². The fourth-order valence-corrected chi connectivity index (χ4v) is 2.46. The second-order valence-corrected chi connectivity index (χ2v) is 6.35. The van der Waals surface area contributed by atoms with E-state index < -0.39 is 24.0 Å². The van der Waals surface area contributed by atoms with E-state index in [1.165, 1.54) is 0 Å². The first-order valence-electron chi connectivity index (χ1n) is 9.46. The third-order valence-corrected chi connectivity index (χ3v) is 4.02. The van der Waals surface area contributed by atoms with Gasteiger partial charge in [0.15, 0.2) is 0 Å². The molecule has 0 spiro atoms. The van der Waals surface area contributed by atoms with Crippen LogP contribution in [0.15, 0.2) is 60.7 Å². The van der Waals surface area contributed by atoms with Gasteiger partial charge in [-0.25, -0.2) is 4.79 Å². The Morgan fingerprint density at radius 2 is 1.43 bits per heavy atom. The molecule has 0 fully saturated rings. The summed E-state index contributed by atoms with van der Waals surface area (Å²) in [4.78, 5) is 46.7. The average Bonchev–Trinajstić information content (AvgIpc) is 2.77. The fourth-order valence-electron chi connectivity index (χ4n) is 2.46. The minimum atomic E-state index is -1.09. The highest BCUT2D eigenvalue weighted by Crippen LogP contribution is 2.03. The summed E-state index contributed by atoms with van der Waals surface area (Å²) in [5.74, 6) is -1.06. The first-order valence-corrected chi connectivity index (χ1v) is 9.46. The molecule has 0 bridgehead atoms. The number of benzene rings is 2. The van der Waals surface area contributed by atoms with Crippen molar-refractivity contribution in [2.75, 3.05) is 6.54 Å². The lowest BCUT2D eigenvalue weighted by Gasteiger charge is -2.16. The van der Waals surface area contributed by atoms with E-state index in [2.05, 4.69) is 10.6 Å². The topological polar surface area (TPSA) is 111 Å². The number of nitrogens with one attached hydrogen (secondary N) is 2. The Hall–Kier alpha value is -3.68. The van der Waals surface area contributed by atoms with Crippen LogP contribution in [-0.4, -0.2) is 36.8 Å². The largest absolute Gasteiger partial charge is 0.461 e. The molecular formula is C22H24N2O6. The summed E-state index contributed by atoms with van der Waals surface area (Å²) in [6.45, 7) is 0.202. The third-order valence-electron chi connectivity index (χ3n) is 4.02. The summed E-state index contributed by atoms with van der Waals surface area (Å²) in [7, 11) is 0. The number of rotatable bonds is 11. The van der Waals surface area contributed by atoms with Crippen molar-refractivity contribution in [2.45, 2.75) is 32.1 Å². The van der Waals surface area contributed by atoms with E-state index in [0.717, 1.165) is 11.1 Å². The van der Waals surface area contributed by atoms with Gasteiger partial charge in [-0.1, -0.05) is 60.7 Å². The van der Waals surface area contributed by atoms with Crippen LogP contribution in [0.1, 0.15) is 24.0 Å². The molecule has 2 aromatic carbocycles. The molecule has 0 aliphatic carbocycles. The van der Waals surface area contributed by atoms with Gasteiger partial charge < -0.3 is 24.9 Å². The second-order valence-electron chi connectivity index (χ2n) is 6.35. The van der Waals surface area contributed by atoms with Crippen molar-refractivity contribution in [3.8, 4) is 0 Å². The van der Waals surface area contributed by atoms with Gasteiger partial charge in [0, 0.05) is 13.0 Å². The molecule has 2 aromatic rings. The maximum absolute atomic E-state index is 12.2. The maximum Gasteiger partial charge on any atom is 0.408 e. The molecule has 1 atom stereocenters. The lowest BCUT2D eigenvalue weighted by atomic mass is 10.2. The van der Waals surface area contributed by atoms with Crippen molar-refractivity contribution in [1.29, 1.82) is 0 Å². The van der Waals surface area contributed by atoms with E-state index in [1.807, 2.05) is 48.5 Å². The summed E-state index contributed by atoms with van der Waals surface area (Å²) in [6.07, 6.45) is -0.547. The summed E-state index contributed by atoms with van der Waals surface area (Å²) in [6, 6.07) is 17.2. The van der Waals surface area contributed by atoms with Gasteiger partial charge in [0.05, 0.1) is 6.42 Å². The van der Waals surface area contributed by atoms with Gasteiger partial charge >= 0.3 is 12.1 Å². The van der Waals surface area contributed by atoms with Gasteiger partial charge in [-0.15, -0.1) is 0 Å². The van der Waals surface area contributed by atoms with Gasteiger partial charge in [0.1, 0.15) is 25.5 Å². The molecule has 8 heteroatoms. The molecule has 8 nitrogen and oxygen atoms in total. The molecule has 0 unspecified atom stereocenters. The molecule has 0 heterocycles. The average molecular weight is 412 g/mol. The van der Waals surface area contributed by atoms with Crippen molar-refractivity contribution in [3.05, 3.63) is 71.8 Å². The van der Waals surface area contributed by atoms with Crippen molar-refractivity contribution in [2.24, 2.45) is 0 Å². The molecular weight excluding hydrogens is 388 g/mol. The lowest BCUT2D eigenvalue weighted by molar-refractivity contribution is -0.144. The molecule has 0 aliphatic heterocycles. The van der Waals surface area contributed by atoms with Crippen LogP contribution in [0.4, 0.5) is 4.79 Å². The summed E-state index contributed by atoms with van der Waals surface area (Å²) < 4.78 is 10.2. The molecule has 0 saturated heterocycles. The zero-order chi connectivity index (χ0) is 21.6. The van der Waals surface area contributed by atoms with Crippen molar-refractivity contribution < 1.29 is 28.7 Å². The van der Waals surface area contributed by atoms with E-state index in [4.69, 9.17) is 9.47 Å². The quantitative estimate of drug-likeness (QED) is 0.432. The number of carbonyl (C=O) groups is 4. The van der Waals surface area contributed by atoms with Crippen molar-refractivity contribution in [3.63, 3.8) is 0 Å². The van der Waals surface area contributed by atoms with Gasteiger partial charge in [-0.05, 0) is 11.1 Å². The summed E-state index contributed by atoms with van der Waals surface area (Å²) in [5.41, 5.74) is 1.65. The Kier molecular flexibility index (Phi) is 9.58. The normalized spacial score (nSPS) is 11.1. The fraction of sp³-hybridized carbons (Fsp3) is 0.273. The Labute approximate surface area is 174 Å². The van der Waals surface area contributed by atoms with Crippen LogP contribution in [0.2, 0.25) is 0 Å². The van der Waals surface area contributed by atoms with Crippen LogP contribution in [0.3, 0.4) is 0 Å². The van der Waals surface area contributed by atoms with Crippen LogP contribution in [0.25, 0.3) is 0 Å². The van der Waals surface area contributed by atoms with Gasteiger partial charge in [-0.3, -0.25) is 9.59 Å². The van der Waals surface area contributed by atoms with Crippen LogP contribution in [0, 0.1) is 0 Å². The van der Waals surface area contributed by atoms with E-state index >= 15 is 0 Å². The van der Waals surface area contributed by atoms with Crippen molar-refractivity contribution >= 4 is 24.3 Å². The van der Waals surface area contributed by atoms with E-state index in [1.54, 1.807) is 12.1 Å². The SMILES string of the molecule is O=CC[C@H](NC(=O)OCc1ccccc1)C(=O)NCCC(=O)OCc1ccccc1. The Morgan fingerprint density at radius 1 is 0.867 bits per heavy atom. The third kappa shape index (κ3) is 8.55. The van der Waals surface area contributed by atoms with Gasteiger partial charge in [0.25, 0.3) is 0 Å². The molecule has 0 aromatic heterocycles. The summed E-state index contributed by atoms with van der Waals surface area (Å²) >= 11 is 0. The molecule has 2 amide bonds. The van der Waals surface area contributed by atoms with Crippen molar-refractivity contribution in [1.82, 2.24) is 10.6 Å². The highest BCUT2D eigenvalue weighted by atomic mass is 16.5. The molecule has 158 valence electrons. The van der Waals surface area contributed by atoms with Crippen LogP contribution < -0.4 is 10.6 Å². The molecule has 2 N–H and O–H groups in total. The molecule has 30 heavy (non-hydrogen) atoms. The standard InChI is InChI=1S/C22H24N2O6/c25-14-12-19(24-22(28)30-16-18-9-5-2-6-10-18)21(27)23-13-11-20(26)29-15-17-7-3-1-4-8-17/h1-10,14,19H,11-13,15-16H2,(H,23,27)(H,24,28)/t19-/m0/s1. The lowest BCUT2D eigenvalue weighted by Crippen LogP contribution is -2.47. The van der Waals surface area contributed by atoms with E-state index in [0.29, 0.717) is 6.29 Å².